The standard InChI is InChI=1S/C14H15N5O/c20-7-6-11(10-4-2-1-3-5-10)19-14-12-13(16-8-15-12)17-9-18-14/h1-5,8-9,11,20H,6-7H2,(H2,15,16,17,18,19)/t11-/m1/s1. The van der Waals surface area contributed by atoms with Crippen LogP contribution in [-0.2, 0) is 0 Å². The van der Waals surface area contributed by atoms with Gasteiger partial charge in [-0.15, -0.1) is 0 Å². The van der Waals surface area contributed by atoms with E-state index in [1.807, 2.05) is 30.3 Å². The second kappa shape index (κ2) is 5.66. The lowest BCUT2D eigenvalue weighted by atomic mass is 10.0. The highest BCUT2D eigenvalue weighted by atomic mass is 16.3. The maximum Gasteiger partial charge on any atom is 0.182 e. The number of imidazole rings is 1. The van der Waals surface area contributed by atoms with E-state index in [9.17, 15) is 5.11 Å². The van der Waals surface area contributed by atoms with Crippen LogP contribution in [0.25, 0.3) is 11.2 Å². The Labute approximate surface area is 115 Å². The zero-order chi connectivity index (χ0) is 13.8. The van der Waals surface area contributed by atoms with E-state index in [1.54, 1.807) is 6.33 Å². The van der Waals surface area contributed by atoms with Crippen molar-refractivity contribution < 1.29 is 5.11 Å². The molecule has 6 heteroatoms. The molecule has 0 radical (unpaired) electrons. The zero-order valence-electron chi connectivity index (χ0n) is 10.8. The number of fused-ring (bicyclic) bond motifs is 1. The van der Waals surface area contributed by atoms with Crippen LogP contribution in [-0.4, -0.2) is 31.6 Å². The summed E-state index contributed by atoms with van der Waals surface area (Å²) in [4.78, 5) is 15.5. The highest BCUT2D eigenvalue weighted by Crippen LogP contribution is 2.24. The third-order valence-electron chi connectivity index (χ3n) is 3.15. The number of aliphatic hydroxyl groups is 1. The van der Waals surface area contributed by atoms with Gasteiger partial charge >= 0.3 is 0 Å². The van der Waals surface area contributed by atoms with Crippen LogP contribution < -0.4 is 5.32 Å². The molecule has 3 N–H and O–H groups in total. The summed E-state index contributed by atoms with van der Waals surface area (Å²) in [6, 6.07) is 9.97. The number of nitrogens with zero attached hydrogens (tertiary/aromatic N) is 3. The number of aromatic nitrogens is 4. The molecule has 0 aliphatic rings. The summed E-state index contributed by atoms with van der Waals surface area (Å²) in [5.74, 6) is 0.690. The molecular weight excluding hydrogens is 254 g/mol. The first-order valence-corrected chi connectivity index (χ1v) is 6.45. The fourth-order valence-corrected chi connectivity index (χ4v) is 2.18. The van der Waals surface area contributed by atoms with Gasteiger partial charge in [0.15, 0.2) is 11.5 Å². The lowest BCUT2D eigenvalue weighted by molar-refractivity contribution is 0.280. The number of aromatic amines is 1. The van der Waals surface area contributed by atoms with Crippen molar-refractivity contribution >= 4 is 17.0 Å². The van der Waals surface area contributed by atoms with E-state index in [1.165, 1.54) is 6.33 Å². The molecule has 0 saturated carbocycles. The average Bonchev–Trinajstić information content (AvgIpc) is 2.97. The molecule has 0 saturated heterocycles. The molecule has 3 aromatic rings. The number of anilines is 1. The molecule has 0 amide bonds. The second-order valence-electron chi connectivity index (χ2n) is 4.44. The van der Waals surface area contributed by atoms with Crippen molar-refractivity contribution in [3.05, 3.63) is 48.5 Å². The molecule has 0 bridgehead atoms. The van der Waals surface area contributed by atoms with Gasteiger partial charge in [-0.25, -0.2) is 15.0 Å². The van der Waals surface area contributed by atoms with Gasteiger partial charge in [0.2, 0.25) is 0 Å². The fourth-order valence-electron chi connectivity index (χ4n) is 2.18. The van der Waals surface area contributed by atoms with Crippen molar-refractivity contribution in [2.75, 3.05) is 11.9 Å². The molecule has 0 aliphatic heterocycles. The summed E-state index contributed by atoms with van der Waals surface area (Å²) in [6.45, 7) is 0.101. The number of nitrogens with one attached hydrogen (secondary N) is 2. The molecule has 0 spiro atoms. The Morgan fingerprint density at radius 3 is 2.80 bits per heavy atom. The van der Waals surface area contributed by atoms with Gasteiger partial charge in [0.25, 0.3) is 0 Å². The van der Waals surface area contributed by atoms with E-state index >= 15 is 0 Å². The van der Waals surface area contributed by atoms with Crippen molar-refractivity contribution in [3.8, 4) is 0 Å². The molecule has 3 rings (SSSR count). The maximum atomic E-state index is 9.26. The van der Waals surface area contributed by atoms with Gasteiger partial charge in [0, 0.05) is 6.61 Å². The van der Waals surface area contributed by atoms with Crippen molar-refractivity contribution in [2.45, 2.75) is 12.5 Å². The normalized spacial score (nSPS) is 12.4. The Balaban J connectivity index is 1.92. The van der Waals surface area contributed by atoms with Crippen LogP contribution in [0.1, 0.15) is 18.0 Å². The Hall–Kier alpha value is -2.47. The van der Waals surface area contributed by atoms with Crippen LogP contribution in [0.3, 0.4) is 0 Å². The molecule has 1 aromatic carbocycles. The number of hydrogen-bond acceptors (Lipinski definition) is 5. The minimum Gasteiger partial charge on any atom is -0.396 e. The van der Waals surface area contributed by atoms with Crippen molar-refractivity contribution in [1.29, 1.82) is 0 Å². The summed E-state index contributed by atoms with van der Waals surface area (Å²) in [7, 11) is 0. The summed E-state index contributed by atoms with van der Waals surface area (Å²) >= 11 is 0. The average molecular weight is 269 g/mol. The predicted octanol–water partition coefficient (Wildman–Crippen LogP) is 1.89. The quantitative estimate of drug-likeness (QED) is 0.658. The Bertz CT molecular complexity index is 682. The van der Waals surface area contributed by atoms with E-state index in [0.717, 1.165) is 11.1 Å². The lowest BCUT2D eigenvalue weighted by Gasteiger charge is -2.19. The van der Waals surface area contributed by atoms with Gasteiger partial charge in [-0.1, -0.05) is 30.3 Å². The first-order valence-electron chi connectivity index (χ1n) is 6.45. The first kappa shape index (κ1) is 12.6. The third-order valence-corrected chi connectivity index (χ3v) is 3.15. The van der Waals surface area contributed by atoms with Crippen molar-refractivity contribution in [3.63, 3.8) is 0 Å². The highest BCUT2D eigenvalue weighted by Gasteiger charge is 2.14. The number of rotatable bonds is 5. The third kappa shape index (κ3) is 2.46. The largest absolute Gasteiger partial charge is 0.396 e. The molecule has 102 valence electrons. The van der Waals surface area contributed by atoms with Crippen LogP contribution >= 0.6 is 0 Å². The smallest absolute Gasteiger partial charge is 0.182 e. The topological polar surface area (TPSA) is 86.7 Å². The predicted molar refractivity (Wildman–Crippen MR) is 76.2 cm³/mol. The van der Waals surface area contributed by atoms with Gasteiger partial charge in [0.1, 0.15) is 11.8 Å². The van der Waals surface area contributed by atoms with E-state index < -0.39 is 0 Å². The molecule has 6 nitrogen and oxygen atoms in total. The molecule has 2 heterocycles. The fraction of sp³-hybridized carbons (Fsp3) is 0.214. The molecule has 20 heavy (non-hydrogen) atoms. The molecule has 0 fully saturated rings. The van der Waals surface area contributed by atoms with Gasteiger partial charge < -0.3 is 15.4 Å². The number of hydrogen-bond donors (Lipinski definition) is 3. The zero-order valence-corrected chi connectivity index (χ0v) is 10.8. The van der Waals surface area contributed by atoms with Gasteiger partial charge in [-0.05, 0) is 12.0 Å². The van der Waals surface area contributed by atoms with Gasteiger partial charge in [-0.2, -0.15) is 0 Å². The van der Waals surface area contributed by atoms with Crippen LogP contribution in [0.4, 0.5) is 5.82 Å². The van der Waals surface area contributed by atoms with Crippen molar-refractivity contribution in [1.82, 2.24) is 19.9 Å². The van der Waals surface area contributed by atoms with E-state index in [-0.39, 0.29) is 12.6 Å². The van der Waals surface area contributed by atoms with Crippen LogP contribution in [0.15, 0.2) is 43.0 Å². The minimum atomic E-state index is -0.0115. The number of aliphatic hydroxyl groups excluding tert-OH is 1. The summed E-state index contributed by atoms with van der Waals surface area (Å²) in [6.07, 6.45) is 3.67. The van der Waals surface area contributed by atoms with Gasteiger partial charge in [-0.3, -0.25) is 0 Å². The summed E-state index contributed by atoms with van der Waals surface area (Å²) in [5.41, 5.74) is 2.50. The van der Waals surface area contributed by atoms with Crippen LogP contribution in [0, 0.1) is 0 Å². The molecule has 1 atom stereocenters. The molecule has 0 unspecified atom stereocenters. The molecule has 2 aromatic heterocycles. The van der Waals surface area contributed by atoms with E-state index in [2.05, 4.69) is 25.3 Å². The monoisotopic (exact) mass is 269 g/mol. The van der Waals surface area contributed by atoms with Gasteiger partial charge in [0.05, 0.1) is 12.4 Å². The second-order valence-corrected chi connectivity index (χ2v) is 4.44. The van der Waals surface area contributed by atoms with Crippen molar-refractivity contribution in [2.24, 2.45) is 0 Å². The number of H-pyrrole nitrogens is 1. The Morgan fingerprint density at radius 2 is 2.00 bits per heavy atom. The number of benzene rings is 1. The summed E-state index contributed by atoms with van der Waals surface area (Å²) < 4.78 is 0. The molecule has 0 aliphatic carbocycles. The lowest BCUT2D eigenvalue weighted by Crippen LogP contribution is -2.13. The SMILES string of the molecule is OCC[C@@H](Nc1ncnc2nc[nH]c12)c1ccccc1. The van der Waals surface area contributed by atoms with Crippen LogP contribution in [0.5, 0.6) is 0 Å². The van der Waals surface area contributed by atoms with E-state index in [0.29, 0.717) is 17.9 Å². The highest BCUT2D eigenvalue weighted by molar-refractivity contribution is 5.82. The van der Waals surface area contributed by atoms with Crippen LogP contribution in [0.2, 0.25) is 0 Å². The minimum absolute atomic E-state index is 0.0115. The Morgan fingerprint density at radius 1 is 1.15 bits per heavy atom. The summed E-state index contributed by atoms with van der Waals surface area (Å²) in [5, 5.41) is 12.6. The van der Waals surface area contributed by atoms with E-state index in [4.69, 9.17) is 0 Å². The maximum absolute atomic E-state index is 9.26. The Kier molecular flexibility index (Phi) is 3.56. The first-order chi connectivity index (χ1) is 9.88. The molecular formula is C14H15N5O.